The van der Waals surface area contributed by atoms with Crippen LogP contribution in [0.3, 0.4) is 0 Å². The van der Waals surface area contributed by atoms with Gasteiger partial charge in [0, 0.05) is 12.4 Å². The Bertz CT molecular complexity index is 557. The lowest BCUT2D eigenvalue weighted by Crippen LogP contribution is -2.37. The van der Waals surface area contributed by atoms with Crippen LogP contribution in [0.2, 0.25) is 5.02 Å². The number of nitrogens with zero attached hydrogens (tertiary/aromatic N) is 1. The number of imidazole rings is 1. The zero-order chi connectivity index (χ0) is 14.4. The van der Waals surface area contributed by atoms with Crippen LogP contribution in [0, 0.1) is 0 Å². The molecule has 0 aliphatic carbocycles. The Balaban J connectivity index is 1.94. The summed E-state index contributed by atoms with van der Waals surface area (Å²) < 4.78 is 5.65. The number of benzene rings is 1. The molecule has 0 bridgehead atoms. The number of halogens is 1. The molecule has 2 aromatic rings. The third-order valence-corrected chi connectivity index (χ3v) is 3.07. The van der Waals surface area contributed by atoms with Crippen molar-refractivity contribution in [3.63, 3.8) is 0 Å². The number of aromatic nitrogens is 2. The van der Waals surface area contributed by atoms with Crippen molar-refractivity contribution in [2.45, 2.75) is 26.0 Å². The van der Waals surface area contributed by atoms with E-state index in [0.717, 1.165) is 0 Å². The van der Waals surface area contributed by atoms with E-state index in [1.54, 1.807) is 24.5 Å². The molecule has 2 rings (SSSR count). The van der Waals surface area contributed by atoms with Crippen molar-refractivity contribution in [1.29, 1.82) is 0 Å². The van der Waals surface area contributed by atoms with Gasteiger partial charge in [0.05, 0.1) is 11.6 Å². The van der Waals surface area contributed by atoms with Crippen molar-refractivity contribution in [2.24, 2.45) is 0 Å². The summed E-state index contributed by atoms with van der Waals surface area (Å²) >= 11 is 6.02. The zero-order valence-corrected chi connectivity index (χ0v) is 11.9. The van der Waals surface area contributed by atoms with Gasteiger partial charge in [-0.05, 0) is 18.6 Å². The highest BCUT2D eigenvalue weighted by Gasteiger charge is 2.19. The first kappa shape index (κ1) is 14.4. The predicted octanol–water partition coefficient (Wildman–Crippen LogP) is 2.54. The van der Waals surface area contributed by atoms with Crippen molar-refractivity contribution >= 4 is 17.5 Å². The summed E-state index contributed by atoms with van der Waals surface area (Å²) in [6, 6.07) is 7.09. The Morgan fingerprint density at radius 1 is 1.50 bits per heavy atom. The number of H-pyrrole nitrogens is 1. The molecule has 0 fully saturated rings. The fourth-order valence-corrected chi connectivity index (χ4v) is 1.88. The van der Waals surface area contributed by atoms with E-state index in [-0.39, 0.29) is 5.91 Å². The van der Waals surface area contributed by atoms with Crippen LogP contribution in [-0.4, -0.2) is 22.0 Å². The average molecular weight is 294 g/mol. The number of carbonyl (C=O) groups is 1. The summed E-state index contributed by atoms with van der Waals surface area (Å²) in [5, 5.41) is 3.27. The summed E-state index contributed by atoms with van der Waals surface area (Å²) in [5.74, 6) is 1.02. The normalized spacial score (nSPS) is 11.9. The molecular formula is C14H16ClN3O2. The van der Waals surface area contributed by atoms with Gasteiger partial charge in [-0.1, -0.05) is 30.7 Å². The molecule has 6 heteroatoms. The molecule has 0 saturated heterocycles. The van der Waals surface area contributed by atoms with Crippen LogP contribution in [0.5, 0.6) is 5.75 Å². The fourth-order valence-electron chi connectivity index (χ4n) is 1.70. The van der Waals surface area contributed by atoms with E-state index in [2.05, 4.69) is 15.3 Å². The Labute approximate surface area is 122 Å². The van der Waals surface area contributed by atoms with Gasteiger partial charge in [0.25, 0.3) is 5.91 Å². The zero-order valence-electron chi connectivity index (χ0n) is 11.1. The largest absolute Gasteiger partial charge is 0.479 e. The van der Waals surface area contributed by atoms with E-state index >= 15 is 0 Å². The number of hydrogen-bond acceptors (Lipinski definition) is 3. The number of nitrogens with one attached hydrogen (secondary N) is 2. The van der Waals surface area contributed by atoms with Crippen LogP contribution in [-0.2, 0) is 11.3 Å². The lowest BCUT2D eigenvalue weighted by Gasteiger charge is -2.17. The molecule has 106 valence electrons. The van der Waals surface area contributed by atoms with Gasteiger partial charge in [0.1, 0.15) is 11.6 Å². The summed E-state index contributed by atoms with van der Waals surface area (Å²) in [7, 11) is 0. The van der Waals surface area contributed by atoms with Crippen LogP contribution >= 0.6 is 11.6 Å². The SMILES string of the molecule is CC[C@H](Oc1ccccc1Cl)C(=O)NCc1ncc[nH]1. The number of para-hydroxylation sites is 1. The molecule has 0 aliphatic heterocycles. The lowest BCUT2D eigenvalue weighted by atomic mass is 10.2. The second-order valence-electron chi connectivity index (χ2n) is 4.20. The number of rotatable bonds is 6. The first-order chi connectivity index (χ1) is 9.70. The monoisotopic (exact) mass is 293 g/mol. The second kappa shape index (κ2) is 6.96. The van der Waals surface area contributed by atoms with Crippen LogP contribution in [0.25, 0.3) is 0 Å². The topological polar surface area (TPSA) is 67.0 Å². The molecule has 5 nitrogen and oxygen atoms in total. The fraction of sp³-hybridized carbons (Fsp3) is 0.286. The van der Waals surface area contributed by atoms with E-state index in [1.807, 2.05) is 19.1 Å². The number of aromatic amines is 1. The third kappa shape index (κ3) is 3.74. The van der Waals surface area contributed by atoms with E-state index < -0.39 is 6.10 Å². The van der Waals surface area contributed by atoms with Crippen molar-refractivity contribution < 1.29 is 9.53 Å². The molecule has 2 N–H and O–H groups in total. The van der Waals surface area contributed by atoms with Gasteiger partial charge >= 0.3 is 0 Å². The minimum absolute atomic E-state index is 0.191. The van der Waals surface area contributed by atoms with Crippen LogP contribution in [0.15, 0.2) is 36.7 Å². The quantitative estimate of drug-likeness (QED) is 0.860. The van der Waals surface area contributed by atoms with E-state index in [4.69, 9.17) is 16.3 Å². The Morgan fingerprint density at radius 3 is 2.95 bits per heavy atom. The molecule has 0 spiro atoms. The van der Waals surface area contributed by atoms with Crippen molar-refractivity contribution in [2.75, 3.05) is 0 Å². The van der Waals surface area contributed by atoms with Gasteiger partial charge in [0.15, 0.2) is 6.10 Å². The number of amides is 1. The maximum atomic E-state index is 12.1. The molecule has 1 heterocycles. The highest BCUT2D eigenvalue weighted by atomic mass is 35.5. The lowest BCUT2D eigenvalue weighted by molar-refractivity contribution is -0.128. The van der Waals surface area contributed by atoms with E-state index in [1.165, 1.54) is 0 Å². The van der Waals surface area contributed by atoms with E-state index in [9.17, 15) is 4.79 Å². The third-order valence-electron chi connectivity index (χ3n) is 2.75. The minimum Gasteiger partial charge on any atom is -0.479 e. The van der Waals surface area contributed by atoms with Crippen molar-refractivity contribution in [3.8, 4) is 5.75 Å². The predicted molar refractivity (Wildman–Crippen MR) is 76.6 cm³/mol. The molecule has 0 saturated carbocycles. The maximum Gasteiger partial charge on any atom is 0.261 e. The van der Waals surface area contributed by atoms with Crippen LogP contribution in [0.4, 0.5) is 0 Å². The second-order valence-corrected chi connectivity index (χ2v) is 4.61. The Hall–Kier alpha value is -2.01. The minimum atomic E-state index is -0.579. The van der Waals surface area contributed by atoms with Crippen molar-refractivity contribution in [1.82, 2.24) is 15.3 Å². The molecule has 1 aromatic carbocycles. The number of hydrogen-bond donors (Lipinski definition) is 2. The molecule has 20 heavy (non-hydrogen) atoms. The highest BCUT2D eigenvalue weighted by molar-refractivity contribution is 6.32. The van der Waals surface area contributed by atoms with Crippen molar-refractivity contribution in [3.05, 3.63) is 47.5 Å². The van der Waals surface area contributed by atoms with Gasteiger partial charge in [0.2, 0.25) is 0 Å². The summed E-state index contributed by atoms with van der Waals surface area (Å²) in [4.78, 5) is 19.0. The molecule has 0 unspecified atom stereocenters. The summed E-state index contributed by atoms with van der Waals surface area (Å²) in [6.07, 6.45) is 3.32. The van der Waals surface area contributed by atoms with Gasteiger partial charge in [-0.15, -0.1) is 0 Å². The summed E-state index contributed by atoms with van der Waals surface area (Å²) in [5.41, 5.74) is 0. The first-order valence-corrected chi connectivity index (χ1v) is 6.75. The van der Waals surface area contributed by atoms with Crippen LogP contribution < -0.4 is 10.1 Å². The average Bonchev–Trinajstić information content (AvgIpc) is 2.97. The molecule has 1 amide bonds. The molecular weight excluding hydrogens is 278 g/mol. The van der Waals surface area contributed by atoms with Gasteiger partial charge in [-0.25, -0.2) is 4.98 Å². The number of carbonyl (C=O) groups excluding carboxylic acids is 1. The molecule has 1 atom stereocenters. The Morgan fingerprint density at radius 2 is 2.30 bits per heavy atom. The first-order valence-electron chi connectivity index (χ1n) is 6.38. The smallest absolute Gasteiger partial charge is 0.261 e. The van der Waals surface area contributed by atoms with Gasteiger partial charge in [-0.3, -0.25) is 4.79 Å². The van der Waals surface area contributed by atoms with Gasteiger partial charge < -0.3 is 15.0 Å². The molecule has 0 aliphatic rings. The van der Waals surface area contributed by atoms with Crippen LogP contribution in [0.1, 0.15) is 19.2 Å². The molecule has 1 aromatic heterocycles. The highest BCUT2D eigenvalue weighted by Crippen LogP contribution is 2.24. The van der Waals surface area contributed by atoms with E-state index in [0.29, 0.717) is 29.6 Å². The summed E-state index contributed by atoms with van der Waals surface area (Å²) in [6.45, 7) is 2.22. The Kier molecular flexibility index (Phi) is 5.01. The molecule has 0 radical (unpaired) electrons. The number of ether oxygens (including phenoxy) is 1. The maximum absolute atomic E-state index is 12.1. The van der Waals surface area contributed by atoms with Gasteiger partial charge in [-0.2, -0.15) is 0 Å². The standard InChI is InChI=1S/C14H16ClN3O2/c1-2-11(20-12-6-4-3-5-10(12)15)14(19)18-9-13-16-7-8-17-13/h3-8,11H,2,9H2,1H3,(H,16,17)(H,18,19)/t11-/m0/s1.